The first-order chi connectivity index (χ1) is 4.80. The van der Waals surface area contributed by atoms with Crippen molar-refractivity contribution >= 4 is 0 Å². The first kappa shape index (κ1) is 8.63. The average molecular weight is 180 g/mol. The fraction of sp³-hybridized carbons (Fsp3) is 1.00. The zero-order chi connectivity index (χ0) is 8.86. The molecule has 11 heavy (non-hydrogen) atoms. The second-order valence-corrected chi connectivity index (χ2v) is 2.01. The number of alkyl halides is 6. The molecule has 1 aliphatic heterocycles. The molecule has 1 nitrogen and oxygen atoms in total. The molecule has 0 unspecified atom stereocenters. The molecule has 0 aromatic rings. The van der Waals surface area contributed by atoms with Gasteiger partial charge < -0.3 is 4.74 Å². The smallest absolute Gasteiger partial charge is 0.303 e. The van der Waals surface area contributed by atoms with Crippen molar-refractivity contribution in [3.05, 3.63) is 0 Å². The molecule has 0 N–H and O–H groups in total. The van der Waals surface area contributed by atoms with Crippen molar-refractivity contribution < 1.29 is 31.1 Å². The number of halogens is 6. The van der Waals surface area contributed by atoms with Crippen LogP contribution in [0.3, 0.4) is 0 Å². The highest BCUT2D eigenvalue weighted by molar-refractivity contribution is 4.95. The van der Waals surface area contributed by atoms with Gasteiger partial charge in [0.1, 0.15) is 0 Å². The molecule has 1 saturated heterocycles. The van der Waals surface area contributed by atoms with Gasteiger partial charge in [-0.05, 0) is 0 Å². The molecule has 0 bridgehead atoms. The van der Waals surface area contributed by atoms with Gasteiger partial charge in [-0.15, -0.1) is 0 Å². The molecule has 1 aliphatic rings. The Balaban J connectivity index is 2.95. The highest BCUT2D eigenvalue weighted by Gasteiger charge is 2.74. The molecule has 0 aromatic carbocycles. The molecular weight excluding hydrogens is 178 g/mol. The van der Waals surface area contributed by atoms with Gasteiger partial charge in [0.05, 0.1) is 0 Å². The Labute approximate surface area is 56.9 Å². The summed E-state index contributed by atoms with van der Waals surface area (Å²) in [5, 5.41) is 0. The van der Waals surface area contributed by atoms with Crippen LogP contribution in [0.4, 0.5) is 26.3 Å². The van der Waals surface area contributed by atoms with Gasteiger partial charge >= 0.3 is 11.8 Å². The van der Waals surface area contributed by atoms with Gasteiger partial charge in [0.2, 0.25) is 0 Å². The Morgan fingerprint density at radius 3 is 1.18 bits per heavy atom. The van der Waals surface area contributed by atoms with Crippen LogP contribution in [-0.2, 0) is 4.74 Å². The summed E-state index contributed by atoms with van der Waals surface area (Å²) in [6.45, 7) is 0. The summed E-state index contributed by atoms with van der Waals surface area (Å²) in [4.78, 5) is 0. The SMILES string of the molecule is F[C@@H]1O[C@@H](F)C(F)(F)C1(F)F. The van der Waals surface area contributed by atoms with Crippen LogP contribution in [0.5, 0.6) is 0 Å². The van der Waals surface area contributed by atoms with Crippen molar-refractivity contribution in [1.29, 1.82) is 0 Å². The van der Waals surface area contributed by atoms with E-state index in [-0.39, 0.29) is 0 Å². The van der Waals surface area contributed by atoms with E-state index in [2.05, 4.69) is 4.74 Å². The van der Waals surface area contributed by atoms with Crippen molar-refractivity contribution in [3.8, 4) is 0 Å². The molecule has 0 radical (unpaired) electrons. The van der Waals surface area contributed by atoms with Crippen LogP contribution in [0.1, 0.15) is 0 Å². The second kappa shape index (κ2) is 2.02. The fourth-order valence-electron chi connectivity index (χ4n) is 0.578. The second-order valence-electron chi connectivity index (χ2n) is 2.01. The first-order valence-corrected chi connectivity index (χ1v) is 2.49. The Bertz CT molecular complexity index is 150. The summed E-state index contributed by atoms with van der Waals surface area (Å²) in [5.41, 5.74) is 0. The van der Waals surface area contributed by atoms with Gasteiger partial charge in [-0.1, -0.05) is 0 Å². The Kier molecular flexibility index (Phi) is 1.59. The molecule has 1 rings (SSSR count). The van der Waals surface area contributed by atoms with E-state index >= 15 is 0 Å². The van der Waals surface area contributed by atoms with E-state index in [1.54, 1.807) is 0 Å². The number of ether oxygens (including phenoxy) is 1. The van der Waals surface area contributed by atoms with Gasteiger partial charge in [0.25, 0.3) is 12.7 Å². The lowest BCUT2D eigenvalue weighted by atomic mass is 10.2. The van der Waals surface area contributed by atoms with Crippen molar-refractivity contribution in [1.82, 2.24) is 0 Å². The standard InChI is InChI=1S/C4H2F6O/c5-1-3(7,8)4(9,10)2(6)11-1/h1-2H/t1-,2-/m1/s1. The quantitative estimate of drug-likeness (QED) is 0.517. The topological polar surface area (TPSA) is 9.23 Å². The maximum atomic E-state index is 11.9. The van der Waals surface area contributed by atoms with E-state index in [0.717, 1.165) is 0 Å². The van der Waals surface area contributed by atoms with Crippen molar-refractivity contribution in [3.63, 3.8) is 0 Å². The third-order valence-corrected chi connectivity index (χ3v) is 1.25. The van der Waals surface area contributed by atoms with E-state index < -0.39 is 24.6 Å². The first-order valence-electron chi connectivity index (χ1n) is 2.49. The van der Waals surface area contributed by atoms with E-state index in [1.807, 2.05) is 0 Å². The van der Waals surface area contributed by atoms with Gasteiger partial charge in [0, 0.05) is 0 Å². The zero-order valence-electron chi connectivity index (χ0n) is 4.83. The molecule has 0 spiro atoms. The molecule has 2 atom stereocenters. The Hall–Kier alpha value is -0.460. The van der Waals surface area contributed by atoms with Crippen LogP contribution in [0.15, 0.2) is 0 Å². The van der Waals surface area contributed by atoms with Gasteiger partial charge in [0.15, 0.2) is 0 Å². The summed E-state index contributed by atoms with van der Waals surface area (Å²) in [5.74, 6) is -10.2. The lowest BCUT2D eigenvalue weighted by molar-refractivity contribution is -0.223. The molecule has 66 valence electrons. The summed E-state index contributed by atoms with van der Waals surface area (Å²) >= 11 is 0. The summed E-state index contributed by atoms with van der Waals surface area (Å²) in [7, 11) is 0. The maximum absolute atomic E-state index is 11.9. The summed E-state index contributed by atoms with van der Waals surface area (Å²) in [6, 6.07) is 0. The van der Waals surface area contributed by atoms with Gasteiger partial charge in [-0.2, -0.15) is 17.6 Å². The third-order valence-electron chi connectivity index (χ3n) is 1.25. The predicted octanol–water partition coefficient (Wildman–Crippen LogP) is 1.88. The lowest BCUT2D eigenvalue weighted by Gasteiger charge is -2.16. The third kappa shape index (κ3) is 0.901. The number of hydrogen-bond donors (Lipinski definition) is 0. The fourth-order valence-corrected chi connectivity index (χ4v) is 0.578. The molecule has 0 amide bonds. The largest absolute Gasteiger partial charge is 0.370 e. The van der Waals surface area contributed by atoms with E-state index in [9.17, 15) is 26.3 Å². The zero-order valence-corrected chi connectivity index (χ0v) is 4.83. The minimum absolute atomic E-state index is 2.96. The van der Waals surface area contributed by atoms with Crippen LogP contribution in [0.25, 0.3) is 0 Å². The monoisotopic (exact) mass is 180 g/mol. The number of rotatable bonds is 0. The predicted molar refractivity (Wildman–Crippen MR) is 20.8 cm³/mol. The molecule has 0 aliphatic carbocycles. The van der Waals surface area contributed by atoms with Crippen molar-refractivity contribution in [2.24, 2.45) is 0 Å². The average Bonchev–Trinajstić information content (AvgIpc) is 1.95. The minimum atomic E-state index is -5.08. The van der Waals surface area contributed by atoms with Crippen LogP contribution in [0, 0.1) is 0 Å². The molecule has 0 aromatic heterocycles. The van der Waals surface area contributed by atoms with E-state index in [4.69, 9.17) is 0 Å². The summed E-state index contributed by atoms with van der Waals surface area (Å²) in [6.07, 6.45) is -7.15. The van der Waals surface area contributed by atoms with E-state index in [1.165, 1.54) is 0 Å². The number of hydrogen-bond acceptors (Lipinski definition) is 1. The van der Waals surface area contributed by atoms with Crippen LogP contribution >= 0.6 is 0 Å². The lowest BCUT2D eigenvalue weighted by Crippen LogP contribution is -2.44. The minimum Gasteiger partial charge on any atom is -0.303 e. The summed E-state index contributed by atoms with van der Waals surface area (Å²) < 4.78 is 74.0. The normalized spacial score (nSPS) is 40.9. The van der Waals surface area contributed by atoms with Crippen LogP contribution in [-0.4, -0.2) is 24.6 Å². The molecule has 0 saturated carbocycles. The molecule has 7 heteroatoms. The van der Waals surface area contributed by atoms with Gasteiger partial charge in [-0.25, -0.2) is 8.78 Å². The van der Waals surface area contributed by atoms with Gasteiger partial charge in [-0.3, -0.25) is 0 Å². The highest BCUT2D eigenvalue weighted by atomic mass is 19.3. The van der Waals surface area contributed by atoms with Crippen LogP contribution in [0.2, 0.25) is 0 Å². The Morgan fingerprint density at radius 2 is 1.09 bits per heavy atom. The molecular formula is C4H2F6O. The molecule has 1 fully saturated rings. The molecule has 1 heterocycles. The Morgan fingerprint density at radius 1 is 0.818 bits per heavy atom. The maximum Gasteiger partial charge on any atom is 0.370 e. The van der Waals surface area contributed by atoms with E-state index in [0.29, 0.717) is 0 Å². The highest BCUT2D eigenvalue weighted by Crippen LogP contribution is 2.48. The van der Waals surface area contributed by atoms with Crippen LogP contribution < -0.4 is 0 Å². The van der Waals surface area contributed by atoms with Crippen molar-refractivity contribution in [2.75, 3.05) is 0 Å². The van der Waals surface area contributed by atoms with Crippen molar-refractivity contribution in [2.45, 2.75) is 24.6 Å².